The van der Waals surface area contributed by atoms with Crippen molar-refractivity contribution in [2.24, 2.45) is 11.7 Å². The molecule has 2 heterocycles. The highest BCUT2D eigenvalue weighted by atomic mass is 35.5. The number of halogens is 2. The van der Waals surface area contributed by atoms with Gasteiger partial charge in [0.05, 0.1) is 17.8 Å². The predicted molar refractivity (Wildman–Crippen MR) is 87.6 cm³/mol. The van der Waals surface area contributed by atoms with Crippen molar-refractivity contribution in [3.63, 3.8) is 0 Å². The minimum absolute atomic E-state index is 0. The van der Waals surface area contributed by atoms with Crippen molar-refractivity contribution < 1.29 is 4.79 Å². The molecule has 1 amide bonds. The van der Waals surface area contributed by atoms with E-state index in [4.69, 9.17) is 5.73 Å². The van der Waals surface area contributed by atoms with E-state index in [2.05, 4.69) is 20.4 Å². The molecule has 0 radical (unpaired) electrons. The van der Waals surface area contributed by atoms with E-state index in [9.17, 15) is 4.79 Å². The number of hydrogen-bond donors (Lipinski definition) is 2. The van der Waals surface area contributed by atoms with E-state index in [0.29, 0.717) is 11.5 Å². The summed E-state index contributed by atoms with van der Waals surface area (Å²) in [5.41, 5.74) is 6.59. The minimum Gasteiger partial charge on any atom is -0.327 e. The molecular weight excluding hydrogens is 327 g/mol. The number of carbonyl (C=O) groups is 1. The van der Waals surface area contributed by atoms with Crippen molar-refractivity contribution >= 4 is 36.4 Å². The van der Waals surface area contributed by atoms with Gasteiger partial charge in [-0.05, 0) is 25.0 Å². The first-order valence-electron chi connectivity index (χ1n) is 6.61. The molecule has 0 aromatic carbocycles. The summed E-state index contributed by atoms with van der Waals surface area (Å²) in [7, 11) is 0. The molecule has 1 aliphatic carbocycles. The molecule has 2 aromatic rings. The molecular formula is C13H18Cl2N6O. The maximum absolute atomic E-state index is 12.1. The van der Waals surface area contributed by atoms with E-state index < -0.39 is 0 Å². The van der Waals surface area contributed by atoms with Crippen LogP contribution in [0.1, 0.15) is 19.3 Å². The van der Waals surface area contributed by atoms with Crippen LogP contribution in [0.2, 0.25) is 0 Å². The second kappa shape index (κ2) is 8.07. The van der Waals surface area contributed by atoms with E-state index in [0.717, 1.165) is 19.3 Å². The molecule has 0 bridgehead atoms. The van der Waals surface area contributed by atoms with Crippen LogP contribution in [0.3, 0.4) is 0 Å². The molecule has 0 saturated heterocycles. The minimum atomic E-state index is -0.0926. The van der Waals surface area contributed by atoms with Gasteiger partial charge in [0, 0.05) is 6.04 Å². The van der Waals surface area contributed by atoms with E-state index in [1.54, 1.807) is 29.3 Å². The Morgan fingerprint density at radius 2 is 2.14 bits per heavy atom. The summed E-state index contributed by atoms with van der Waals surface area (Å²) in [5.74, 6) is 0.536. The van der Waals surface area contributed by atoms with Gasteiger partial charge in [-0.2, -0.15) is 5.10 Å². The molecule has 120 valence electrons. The number of rotatable bonds is 3. The first-order valence-corrected chi connectivity index (χ1v) is 6.61. The average molecular weight is 345 g/mol. The molecule has 3 rings (SSSR count). The summed E-state index contributed by atoms with van der Waals surface area (Å²) >= 11 is 0. The normalized spacial score (nSPS) is 19.9. The third-order valence-electron chi connectivity index (χ3n) is 3.58. The number of amides is 1. The maximum Gasteiger partial charge on any atom is 0.229 e. The van der Waals surface area contributed by atoms with E-state index >= 15 is 0 Å². The van der Waals surface area contributed by atoms with Crippen molar-refractivity contribution in [2.75, 3.05) is 5.32 Å². The largest absolute Gasteiger partial charge is 0.327 e. The second-order valence-electron chi connectivity index (χ2n) is 4.94. The van der Waals surface area contributed by atoms with Crippen LogP contribution in [0.15, 0.2) is 31.0 Å². The van der Waals surface area contributed by atoms with Crippen molar-refractivity contribution in [2.45, 2.75) is 25.3 Å². The van der Waals surface area contributed by atoms with Crippen LogP contribution in [-0.4, -0.2) is 31.7 Å². The molecule has 7 nitrogen and oxygen atoms in total. The summed E-state index contributed by atoms with van der Waals surface area (Å²) in [4.78, 5) is 20.2. The smallest absolute Gasteiger partial charge is 0.229 e. The third-order valence-corrected chi connectivity index (χ3v) is 3.58. The summed E-state index contributed by atoms with van der Waals surface area (Å²) in [6, 6.07) is 3.54. The molecule has 2 atom stereocenters. The highest BCUT2D eigenvalue weighted by Crippen LogP contribution is 2.25. The molecule has 2 aromatic heterocycles. The fraction of sp³-hybridized carbons (Fsp3) is 0.385. The molecule has 0 spiro atoms. The van der Waals surface area contributed by atoms with Gasteiger partial charge < -0.3 is 11.1 Å². The van der Waals surface area contributed by atoms with Crippen LogP contribution in [0.25, 0.3) is 5.82 Å². The topological polar surface area (TPSA) is 98.7 Å². The Hall–Kier alpha value is -1.70. The van der Waals surface area contributed by atoms with Gasteiger partial charge >= 0.3 is 0 Å². The van der Waals surface area contributed by atoms with Gasteiger partial charge in [-0.1, -0.05) is 6.42 Å². The fourth-order valence-corrected chi connectivity index (χ4v) is 2.47. The molecule has 3 N–H and O–H groups in total. The van der Waals surface area contributed by atoms with Gasteiger partial charge in [-0.15, -0.1) is 24.8 Å². The first-order chi connectivity index (χ1) is 9.74. The number of pyridine rings is 1. The second-order valence-corrected chi connectivity index (χ2v) is 4.94. The van der Waals surface area contributed by atoms with Gasteiger partial charge in [0.15, 0.2) is 5.82 Å². The number of nitrogens with zero attached hydrogens (tertiary/aromatic N) is 4. The molecule has 1 saturated carbocycles. The third kappa shape index (κ3) is 3.94. The summed E-state index contributed by atoms with van der Waals surface area (Å²) in [6.07, 6.45) is 7.41. The van der Waals surface area contributed by atoms with E-state index in [1.807, 2.05) is 0 Å². The maximum atomic E-state index is 12.1. The molecule has 9 heteroatoms. The lowest BCUT2D eigenvalue weighted by Crippen LogP contribution is -2.34. The monoisotopic (exact) mass is 344 g/mol. The Labute approximate surface area is 140 Å². The lowest BCUT2D eigenvalue weighted by atomic mass is 10.0. The van der Waals surface area contributed by atoms with Crippen LogP contribution in [0, 0.1) is 5.92 Å². The molecule has 1 fully saturated rings. The van der Waals surface area contributed by atoms with Gasteiger partial charge in [-0.25, -0.2) is 14.6 Å². The standard InChI is InChI=1S/C13H16N6O.2ClH/c14-11-3-1-2-10(11)13(20)18-9-4-5-12(16-6-9)19-8-15-7-17-19;;/h4-8,10-11H,1-3,14H2,(H,18,20);2*1H. The highest BCUT2D eigenvalue weighted by molar-refractivity contribution is 5.93. The molecule has 22 heavy (non-hydrogen) atoms. The van der Waals surface area contributed by atoms with E-state index in [-0.39, 0.29) is 42.7 Å². The lowest BCUT2D eigenvalue weighted by Gasteiger charge is -2.15. The van der Waals surface area contributed by atoms with Crippen molar-refractivity contribution in [1.82, 2.24) is 19.7 Å². The van der Waals surface area contributed by atoms with E-state index in [1.165, 1.54) is 6.33 Å². The Kier molecular flexibility index (Phi) is 6.73. The van der Waals surface area contributed by atoms with Gasteiger partial charge in [0.1, 0.15) is 12.7 Å². The van der Waals surface area contributed by atoms with Crippen LogP contribution in [0.4, 0.5) is 5.69 Å². The van der Waals surface area contributed by atoms with Gasteiger partial charge in [0.2, 0.25) is 5.91 Å². The molecule has 0 aliphatic heterocycles. The summed E-state index contributed by atoms with van der Waals surface area (Å²) in [6.45, 7) is 0. The zero-order valence-corrected chi connectivity index (χ0v) is 13.4. The van der Waals surface area contributed by atoms with Crippen LogP contribution in [-0.2, 0) is 4.79 Å². The quantitative estimate of drug-likeness (QED) is 0.880. The Morgan fingerprint density at radius 1 is 1.32 bits per heavy atom. The number of hydrogen-bond acceptors (Lipinski definition) is 5. The van der Waals surface area contributed by atoms with Gasteiger partial charge in [0.25, 0.3) is 0 Å². The van der Waals surface area contributed by atoms with Crippen molar-refractivity contribution in [3.05, 3.63) is 31.0 Å². The van der Waals surface area contributed by atoms with Crippen LogP contribution < -0.4 is 11.1 Å². The zero-order chi connectivity index (χ0) is 13.9. The van der Waals surface area contributed by atoms with Gasteiger partial charge in [-0.3, -0.25) is 4.79 Å². The number of nitrogens with one attached hydrogen (secondary N) is 1. The predicted octanol–water partition coefficient (Wildman–Crippen LogP) is 1.57. The Balaban J connectivity index is 0.00000121. The molecule has 2 unspecified atom stereocenters. The summed E-state index contributed by atoms with van der Waals surface area (Å²) in [5, 5.41) is 6.85. The number of carbonyl (C=O) groups excluding carboxylic acids is 1. The number of anilines is 1. The number of aromatic nitrogens is 4. The van der Waals surface area contributed by atoms with Crippen molar-refractivity contribution in [1.29, 1.82) is 0 Å². The average Bonchev–Trinajstić information content (AvgIpc) is 3.10. The summed E-state index contributed by atoms with van der Waals surface area (Å²) < 4.78 is 1.55. The van der Waals surface area contributed by atoms with Crippen LogP contribution in [0.5, 0.6) is 0 Å². The van der Waals surface area contributed by atoms with Crippen LogP contribution >= 0.6 is 24.8 Å². The number of nitrogens with two attached hydrogens (primary N) is 1. The SMILES string of the molecule is Cl.Cl.NC1CCCC1C(=O)Nc1ccc(-n2cncn2)nc1. The molecule has 1 aliphatic rings. The first kappa shape index (κ1) is 18.3. The highest BCUT2D eigenvalue weighted by Gasteiger charge is 2.30. The Morgan fingerprint density at radius 3 is 2.68 bits per heavy atom. The zero-order valence-electron chi connectivity index (χ0n) is 11.8. The van der Waals surface area contributed by atoms with Crippen molar-refractivity contribution in [3.8, 4) is 5.82 Å². The Bertz CT molecular complexity index is 589. The fourth-order valence-electron chi connectivity index (χ4n) is 2.47. The lowest BCUT2D eigenvalue weighted by molar-refractivity contribution is -0.120.